The number of nitrogens with two attached hydrogens (primary N) is 1. The molecule has 0 unspecified atom stereocenters. The van der Waals surface area contributed by atoms with Gasteiger partial charge in [0, 0.05) is 17.3 Å². The van der Waals surface area contributed by atoms with Gasteiger partial charge in [-0.15, -0.1) is 0 Å². The summed E-state index contributed by atoms with van der Waals surface area (Å²) in [6, 6.07) is 11.2. The summed E-state index contributed by atoms with van der Waals surface area (Å²) in [5.41, 5.74) is 7.82. The third kappa shape index (κ3) is 2.03. The molecule has 0 spiro atoms. The van der Waals surface area contributed by atoms with Crippen molar-refractivity contribution in [2.24, 2.45) is 5.73 Å². The van der Waals surface area contributed by atoms with E-state index < -0.39 is 5.91 Å². The molecule has 3 rings (SSSR count). The monoisotopic (exact) mass is 265 g/mol. The van der Waals surface area contributed by atoms with Crippen LogP contribution < -0.4 is 5.73 Å². The maximum absolute atomic E-state index is 11.6. The summed E-state index contributed by atoms with van der Waals surface area (Å²) < 4.78 is 0. The Balaban J connectivity index is 2.31. The molecule has 98 valence electrons. The Labute approximate surface area is 114 Å². The Hall–Kier alpha value is -3.02. The Morgan fingerprint density at radius 1 is 1.10 bits per heavy atom. The van der Waals surface area contributed by atoms with Crippen molar-refractivity contribution < 1.29 is 4.79 Å². The second-order valence-corrected chi connectivity index (χ2v) is 4.14. The molecule has 0 saturated carbocycles. The standard InChI is InChI=1S/C14H11N5O/c15-13(20)12-11(9-4-2-1-3-5-9)10(6-7-16-12)14-17-8-18-19-14/h1-8H,(H2,15,20)(H,17,18,19). The number of primary amides is 1. The number of hydrogen-bond donors (Lipinski definition) is 2. The van der Waals surface area contributed by atoms with Crippen LogP contribution in [-0.2, 0) is 0 Å². The maximum atomic E-state index is 11.6. The highest BCUT2D eigenvalue weighted by Gasteiger charge is 2.18. The van der Waals surface area contributed by atoms with Crippen molar-refractivity contribution in [2.75, 3.05) is 0 Å². The van der Waals surface area contributed by atoms with Gasteiger partial charge in [-0.1, -0.05) is 30.3 Å². The number of benzene rings is 1. The number of hydrogen-bond acceptors (Lipinski definition) is 4. The van der Waals surface area contributed by atoms with E-state index in [2.05, 4.69) is 20.2 Å². The number of nitrogens with zero attached hydrogens (tertiary/aromatic N) is 3. The van der Waals surface area contributed by atoms with E-state index in [1.807, 2.05) is 30.3 Å². The highest BCUT2D eigenvalue weighted by Crippen LogP contribution is 2.31. The zero-order valence-electron chi connectivity index (χ0n) is 10.4. The fourth-order valence-electron chi connectivity index (χ4n) is 2.07. The largest absolute Gasteiger partial charge is 0.364 e. The lowest BCUT2D eigenvalue weighted by atomic mass is 9.97. The van der Waals surface area contributed by atoms with Crippen molar-refractivity contribution in [1.29, 1.82) is 0 Å². The topological polar surface area (TPSA) is 97.5 Å². The zero-order chi connectivity index (χ0) is 13.9. The van der Waals surface area contributed by atoms with Crippen molar-refractivity contribution in [3.8, 4) is 22.5 Å². The zero-order valence-corrected chi connectivity index (χ0v) is 10.4. The molecular weight excluding hydrogens is 254 g/mol. The predicted molar refractivity (Wildman–Crippen MR) is 73.6 cm³/mol. The van der Waals surface area contributed by atoms with E-state index in [1.165, 1.54) is 12.5 Å². The highest BCUT2D eigenvalue weighted by molar-refractivity contribution is 6.01. The molecule has 0 aliphatic heterocycles. The summed E-state index contributed by atoms with van der Waals surface area (Å²) in [4.78, 5) is 19.8. The Morgan fingerprint density at radius 2 is 1.90 bits per heavy atom. The summed E-state index contributed by atoms with van der Waals surface area (Å²) in [5, 5.41) is 6.71. The minimum atomic E-state index is -0.582. The van der Waals surface area contributed by atoms with Gasteiger partial charge in [-0.2, -0.15) is 5.10 Å². The van der Waals surface area contributed by atoms with Gasteiger partial charge in [-0.05, 0) is 11.6 Å². The van der Waals surface area contributed by atoms with Crippen molar-refractivity contribution in [3.05, 3.63) is 54.6 Å². The van der Waals surface area contributed by atoms with Crippen molar-refractivity contribution in [2.45, 2.75) is 0 Å². The first kappa shape index (κ1) is 12.0. The number of H-pyrrole nitrogens is 1. The summed E-state index contributed by atoms with van der Waals surface area (Å²) in [6.07, 6.45) is 3.01. The SMILES string of the molecule is NC(=O)c1nccc(-c2nc[nH]n2)c1-c1ccccc1. The molecule has 0 atom stereocenters. The van der Waals surface area contributed by atoms with Crippen LogP contribution in [0.4, 0.5) is 0 Å². The average Bonchev–Trinajstić information content (AvgIpc) is 3.01. The molecule has 6 heteroatoms. The molecule has 0 radical (unpaired) electrons. The van der Waals surface area contributed by atoms with Crippen LogP contribution in [0.25, 0.3) is 22.5 Å². The first-order valence-corrected chi connectivity index (χ1v) is 5.97. The minimum absolute atomic E-state index is 0.207. The number of rotatable bonds is 3. The van der Waals surface area contributed by atoms with Gasteiger partial charge in [0.1, 0.15) is 12.0 Å². The average molecular weight is 265 g/mol. The van der Waals surface area contributed by atoms with Crippen molar-refractivity contribution in [3.63, 3.8) is 0 Å². The molecule has 3 aromatic rings. The van der Waals surface area contributed by atoms with E-state index in [0.717, 1.165) is 5.56 Å². The van der Waals surface area contributed by atoms with E-state index >= 15 is 0 Å². The molecule has 0 aliphatic rings. The van der Waals surface area contributed by atoms with E-state index in [9.17, 15) is 4.79 Å². The van der Waals surface area contributed by atoms with E-state index in [0.29, 0.717) is 17.0 Å². The molecule has 3 N–H and O–H groups in total. The third-order valence-corrected chi connectivity index (χ3v) is 2.90. The minimum Gasteiger partial charge on any atom is -0.364 e. The lowest BCUT2D eigenvalue weighted by molar-refractivity contribution is 0.0996. The van der Waals surface area contributed by atoms with Crippen molar-refractivity contribution in [1.82, 2.24) is 20.2 Å². The predicted octanol–water partition coefficient (Wildman–Crippen LogP) is 1.63. The Morgan fingerprint density at radius 3 is 2.55 bits per heavy atom. The summed E-state index contributed by atoms with van der Waals surface area (Å²) >= 11 is 0. The van der Waals surface area contributed by atoms with Crippen molar-refractivity contribution >= 4 is 5.91 Å². The van der Waals surface area contributed by atoms with Gasteiger partial charge >= 0.3 is 0 Å². The van der Waals surface area contributed by atoms with Gasteiger partial charge in [-0.3, -0.25) is 14.9 Å². The molecule has 2 heterocycles. The molecule has 0 aliphatic carbocycles. The fourth-order valence-corrected chi connectivity index (χ4v) is 2.07. The molecule has 0 bridgehead atoms. The normalized spacial score (nSPS) is 10.4. The van der Waals surface area contributed by atoms with Crippen LogP contribution in [0, 0.1) is 0 Å². The van der Waals surface area contributed by atoms with E-state index in [4.69, 9.17) is 5.73 Å². The fraction of sp³-hybridized carbons (Fsp3) is 0. The number of pyridine rings is 1. The van der Waals surface area contributed by atoms with Crippen LogP contribution in [0.1, 0.15) is 10.5 Å². The first-order valence-electron chi connectivity index (χ1n) is 5.97. The lowest BCUT2D eigenvalue weighted by Crippen LogP contribution is -2.15. The Kier molecular flexibility index (Phi) is 2.96. The van der Waals surface area contributed by atoms with E-state index in [-0.39, 0.29) is 5.69 Å². The van der Waals surface area contributed by atoms with Gasteiger partial charge in [-0.25, -0.2) is 4.98 Å². The highest BCUT2D eigenvalue weighted by atomic mass is 16.1. The second-order valence-electron chi connectivity index (χ2n) is 4.14. The summed E-state index contributed by atoms with van der Waals surface area (Å²) in [5.74, 6) is -0.0880. The number of aromatic amines is 1. The smallest absolute Gasteiger partial charge is 0.267 e. The molecule has 20 heavy (non-hydrogen) atoms. The molecule has 1 aromatic carbocycles. The molecule has 6 nitrogen and oxygen atoms in total. The van der Waals surface area contributed by atoms with E-state index in [1.54, 1.807) is 6.07 Å². The van der Waals surface area contributed by atoms with Crippen LogP contribution >= 0.6 is 0 Å². The number of carbonyl (C=O) groups excluding carboxylic acids is 1. The molecular formula is C14H11N5O. The molecule has 1 amide bonds. The second kappa shape index (κ2) is 4.93. The Bertz CT molecular complexity index is 738. The van der Waals surface area contributed by atoms with Crippen LogP contribution in [0.15, 0.2) is 48.9 Å². The first-order chi connectivity index (χ1) is 9.77. The number of amides is 1. The number of aromatic nitrogens is 4. The number of carbonyl (C=O) groups is 1. The van der Waals surface area contributed by atoms with Crippen LogP contribution in [0.5, 0.6) is 0 Å². The summed E-state index contributed by atoms with van der Waals surface area (Å²) in [7, 11) is 0. The quantitative estimate of drug-likeness (QED) is 0.752. The maximum Gasteiger partial charge on any atom is 0.267 e. The van der Waals surface area contributed by atoms with Gasteiger partial charge in [0.2, 0.25) is 0 Å². The van der Waals surface area contributed by atoms with Crippen LogP contribution in [0.3, 0.4) is 0 Å². The van der Waals surface area contributed by atoms with Crippen LogP contribution in [-0.4, -0.2) is 26.1 Å². The molecule has 2 aromatic heterocycles. The van der Waals surface area contributed by atoms with Gasteiger partial charge in [0.15, 0.2) is 5.82 Å². The van der Waals surface area contributed by atoms with Gasteiger partial charge < -0.3 is 5.73 Å². The molecule has 0 saturated heterocycles. The third-order valence-electron chi connectivity index (χ3n) is 2.90. The number of nitrogens with one attached hydrogen (secondary N) is 1. The van der Waals surface area contributed by atoms with Gasteiger partial charge in [0.25, 0.3) is 5.91 Å². The van der Waals surface area contributed by atoms with Gasteiger partial charge in [0.05, 0.1) is 0 Å². The lowest BCUT2D eigenvalue weighted by Gasteiger charge is -2.10. The summed E-state index contributed by atoms with van der Waals surface area (Å²) in [6.45, 7) is 0. The van der Waals surface area contributed by atoms with Crippen LogP contribution in [0.2, 0.25) is 0 Å². The molecule has 0 fully saturated rings.